The molecule has 1 aromatic heterocycles. The van der Waals surface area contributed by atoms with Crippen LogP contribution in [0.3, 0.4) is 0 Å². The number of imide groups is 1. The molecule has 228 valence electrons. The number of rotatable bonds is 4. The van der Waals surface area contributed by atoms with Crippen LogP contribution in [-0.2, 0) is 6.18 Å². The molecule has 2 heterocycles. The van der Waals surface area contributed by atoms with Crippen LogP contribution in [0.1, 0.15) is 31.8 Å². The Bertz CT molecular complexity index is 2390. The molecule has 7 aromatic rings. The summed E-state index contributed by atoms with van der Waals surface area (Å²) in [5.74, 6) is -0.903. The second kappa shape index (κ2) is 10.6. The monoisotopic (exact) mass is 622 g/mol. The van der Waals surface area contributed by atoms with E-state index in [2.05, 4.69) is 0 Å². The lowest BCUT2D eigenvalue weighted by Crippen LogP contribution is -2.29. The molecule has 6 aromatic carbocycles. The molecule has 8 rings (SSSR count). The summed E-state index contributed by atoms with van der Waals surface area (Å²) < 4.78 is 43.7. The number of aryl methyl sites for hydroxylation is 1. The highest BCUT2D eigenvalue weighted by Crippen LogP contribution is 2.42. The molecule has 1 aliphatic heterocycles. The molecule has 0 spiro atoms. The minimum Gasteiger partial charge on any atom is -0.308 e. The molecule has 0 saturated carbocycles. The van der Waals surface area contributed by atoms with Crippen LogP contribution in [0.25, 0.3) is 49.7 Å². The Hall–Kier alpha value is -5.95. The molecule has 0 bridgehead atoms. The third-order valence-electron chi connectivity index (χ3n) is 8.78. The van der Waals surface area contributed by atoms with Crippen molar-refractivity contribution in [3.05, 3.63) is 156 Å². The number of hydrogen-bond acceptors (Lipinski definition) is 2. The van der Waals surface area contributed by atoms with Crippen molar-refractivity contribution in [2.75, 3.05) is 4.90 Å². The highest BCUT2D eigenvalue weighted by molar-refractivity contribution is 6.36. The Morgan fingerprint density at radius 1 is 0.574 bits per heavy atom. The van der Waals surface area contributed by atoms with E-state index < -0.39 is 23.6 Å². The van der Waals surface area contributed by atoms with Crippen molar-refractivity contribution in [3.63, 3.8) is 0 Å². The fraction of sp³-hybridized carbons (Fsp3) is 0.0500. The van der Waals surface area contributed by atoms with E-state index in [-0.39, 0.29) is 11.1 Å². The Balaban J connectivity index is 1.33. The molecule has 0 radical (unpaired) electrons. The van der Waals surface area contributed by atoms with Crippen molar-refractivity contribution >= 4 is 39.3 Å². The number of benzene rings is 6. The number of halogens is 3. The van der Waals surface area contributed by atoms with Gasteiger partial charge in [-0.1, -0.05) is 91.0 Å². The second-order valence-electron chi connectivity index (χ2n) is 11.7. The summed E-state index contributed by atoms with van der Waals surface area (Å²) in [7, 11) is 0. The van der Waals surface area contributed by atoms with E-state index in [1.54, 1.807) is 49.4 Å². The van der Waals surface area contributed by atoms with Gasteiger partial charge in [0.2, 0.25) is 0 Å². The van der Waals surface area contributed by atoms with Crippen LogP contribution >= 0.6 is 0 Å². The van der Waals surface area contributed by atoms with Gasteiger partial charge in [-0.3, -0.25) is 9.59 Å². The number of aromatic nitrogens is 1. The molecule has 2 amide bonds. The van der Waals surface area contributed by atoms with Crippen molar-refractivity contribution in [1.29, 1.82) is 0 Å². The molecular formula is C40H25F3N2O2. The molecule has 7 heteroatoms. The highest BCUT2D eigenvalue weighted by Gasteiger charge is 2.39. The Labute approximate surface area is 267 Å². The van der Waals surface area contributed by atoms with Gasteiger partial charge in [0, 0.05) is 16.3 Å². The summed E-state index contributed by atoms with van der Waals surface area (Å²) in [6.07, 6.45) is -4.52. The average Bonchev–Trinajstić information content (AvgIpc) is 3.55. The van der Waals surface area contributed by atoms with Gasteiger partial charge in [-0.05, 0) is 71.6 Å². The summed E-state index contributed by atoms with van der Waals surface area (Å²) in [6.45, 7) is 1.64. The number of hydrogen-bond donors (Lipinski definition) is 0. The number of carbonyl (C=O) groups is 2. The first-order valence-electron chi connectivity index (χ1n) is 15.1. The van der Waals surface area contributed by atoms with Crippen LogP contribution in [-0.4, -0.2) is 16.4 Å². The van der Waals surface area contributed by atoms with Gasteiger partial charge in [0.25, 0.3) is 11.8 Å². The minimum absolute atomic E-state index is 0.238. The quantitative estimate of drug-likeness (QED) is 0.183. The molecule has 1 aliphatic rings. The van der Waals surface area contributed by atoms with E-state index in [0.717, 1.165) is 39.5 Å². The first-order valence-corrected chi connectivity index (χ1v) is 15.1. The SMILES string of the molecule is Cc1cc(-c2cccc3c4ccccc4n(-c4cccc5c4C(=O)N(c4ccc(-c6ccccc6)cc4)C5=O)c23)cc(C(F)(F)F)c1. The number of para-hydroxylation sites is 2. The van der Waals surface area contributed by atoms with Crippen LogP contribution < -0.4 is 4.90 Å². The standard InChI is InChI=1S/C40H25F3N2O2/c1-24-21-27(23-28(22-24)40(41,42)43)30-12-7-13-32-31-11-5-6-15-34(31)45(37(30)32)35-16-8-14-33-36(35)39(47)44(38(33)46)29-19-17-26(18-20-29)25-9-3-2-4-10-25/h2-23H,1H3. The lowest BCUT2D eigenvalue weighted by molar-refractivity contribution is -0.137. The van der Waals surface area contributed by atoms with E-state index in [1.807, 2.05) is 83.4 Å². The highest BCUT2D eigenvalue weighted by atomic mass is 19.4. The van der Waals surface area contributed by atoms with Gasteiger partial charge >= 0.3 is 6.18 Å². The number of amides is 2. The maximum atomic E-state index is 14.3. The summed E-state index contributed by atoms with van der Waals surface area (Å²) in [4.78, 5) is 29.3. The zero-order valence-corrected chi connectivity index (χ0v) is 25.0. The van der Waals surface area contributed by atoms with E-state index >= 15 is 0 Å². The minimum atomic E-state index is -4.52. The van der Waals surface area contributed by atoms with Gasteiger partial charge < -0.3 is 4.57 Å². The first-order chi connectivity index (χ1) is 22.7. The second-order valence-corrected chi connectivity index (χ2v) is 11.7. The molecule has 0 N–H and O–H groups in total. The van der Waals surface area contributed by atoms with Crippen molar-refractivity contribution in [2.24, 2.45) is 0 Å². The van der Waals surface area contributed by atoms with E-state index in [9.17, 15) is 22.8 Å². The van der Waals surface area contributed by atoms with E-state index in [4.69, 9.17) is 0 Å². The fourth-order valence-electron chi connectivity index (χ4n) is 6.73. The van der Waals surface area contributed by atoms with Crippen LogP contribution in [0.4, 0.5) is 18.9 Å². The summed E-state index contributed by atoms with van der Waals surface area (Å²) >= 11 is 0. The molecule has 0 aliphatic carbocycles. The fourth-order valence-corrected chi connectivity index (χ4v) is 6.73. The van der Waals surface area contributed by atoms with Crippen LogP contribution in [0.15, 0.2) is 133 Å². The lowest BCUT2D eigenvalue weighted by Gasteiger charge is -2.16. The smallest absolute Gasteiger partial charge is 0.308 e. The molecule has 0 saturated heterocycles. The van der Waals surface area contributed by atoms with Gasteiger partial charge in [0.15, 0.2) is 0 Å². The van der Waals surface area contributed by atoms with Gasteiger partial charge in [-0.25, -0.2) is 4.90 Å². The molecule has 4 nitrogen and oxygen atoms in total. The summed E-state index contributed by atoms with van der Waals surface area (Å²) in [6, 6.07) is 39.5. The topological polar surface area (TPSA) is 42.3 Å². The summed E-state index contributed by atoms with van der Waals surface area (Å²) in [5.41, 5.74) is 5.53. The zero-order chi connectivity index (χ0) is 32.4. The van der Waals surface area contributed by atoms with Gasteiger partial charge in [-0.2, -0.15) is 13.2 Å². The largest absolute Gasteiger partial charge is 0.416 e. The number of alkyl halides is 3. The van der Waals surface area contributed by atoms with Crippen LogP contribution in [0, 0.1) is 6.92 Å². The Morgan fingerprint density at radius 3 is 2.00 bits per heavy atom. The van der Waals surface area contributed by atoms with Gasteiger partial charge in [-0.15, -0.1) is 0 Å². The Morgan fingerprint density at radius 2 is 1.23 bits per heavy atom. The normalized spacial score (nSPS) is 13.1. The molecule has 47 heavy (non-hydrogen) atoms. The van der Waals surface area contributed by atoms with Crippen LogP contribution in [0.2, 0.25) is 0 Å². The molecule has 0 atom stereocenters. The molecule has 0 fully saturated rings. The third-order valence-corrected chi connectivity index (χ3v) is 8.78. The number of carbonyl (C=O) groups excluding carboxylic acids is 2. The Kier molecular flexibility index (Phi) is 6.41. The summed E-state index contributed by atoms with van der Waals surface area (Å²) in [5, 5.41) is 1.69. The van der Waals surface area contributed by atoms with Gasteiger partial charge in [0.05, 0.1) is 39.1 Å². The van der Waals surface area contributed by atoms with Crippen molar-refractivity contribution in [1.82, 2.24) is 4.57 Å². The van der Waals surface area contributed by atoms with Crippen molar-refractivity contribution in [2.45, 2.75) is 13.1 Å². The predicted octanol–water partition coefficient (Wildman–Crippen LogP) is 10.2. The third kappa shape index (κ3) is 4.54. The van der Waals surface area contributed by atoms with Crippen molar-refractivity contribution < 1.29 is 22.8 Å². The number of nitrogens with zero attached hydrogens (tertiary/aromatic N) is 2. The predicted molar refractivity (Wildman–Crippen MR) is 179 cm³/mol. The lowest BCUT2D eigenvalue weighted by atomic mass is 9.97. The van der Waals surface area contributed by atoms with Gasteiger partial charge in [0.1, 0.15) is 0 Å². The zero-order valence-electron chi connectivity index (χ0n) is 25.0. The van der Waals surface area contributed by atoms with E-state index in [1.165, 1.54) is 4.90 Å². The number of anilines is 1. The maximum absolute atomic E-state index is 14.3. The van der Waals surface area contributed by atoms with Crippen LogP contribution in [0.5, 0.6) is 0 Å². The maximum Gasteiger partial charge on any atom is 0.416 e. The van der Waals surface area contributed by atoms with Crippen molar-refractivity contribution in [3.8, 4) is 27.9 Å². The van der Waals surface area contributed by atoms with E-state index in [0.29, 0.717) is 33.6 Å². The number of fused-ring (bicyclic) bond motifs is 4. The molecule has 0 unspecified atom stereocenters. The first kappa shape index (κ1) is 28.5. The average molecular weight is 623 g/mol. The molecular weight excluding hydrogens is 597 g/mol.